The fourth-order valence-electron chi connectivity index (χ4n) is 2.62. The Morgan fingerprint density at radius 2 is 1.90 bits per heavy atom. The van der Waals surface area contributed by atoms with Gasteiger partial charge in [0.15, 0.2) is 11.5 Å². The highest BCUT2D eigenvalue weighted by Crippen LogP contribution is 2.32. The van der Waals surface area contributed by atoms with E-state index in [-0.39, 0.29) is 16.6 Å². The van der Waals surface area contributed by atoms with E-state index in [2.05, 4.69) is 15.2 Å². The summed E-state index contributed by atoms with van der Waals surface area (Å²) in [5, 5.41) is 13.9. The molecule has 0 aromatic heterocycles. The number of nitrogens with zero attached hydrogens (tertiary/aromatic N) is 1. The normalized spacial score (nSPS) is 12.8. The number of rotatable bonds is 9. The molecule has 2 rings (SSSR count). The minimum atomic E-state index is -3.87. The summed E-state index contributed by atoms with van der Waals surface area (Å²) in [6.45, 7) is 7.53. The summed E-state index contributed by atoms with van der Waals surface area (Å²) in [7, 11) is -3.87. The molecule has 0 saturated heterocycles. The molecule has 0 spiro atoms. The second-order valence-electron chi connectivity index (χ2n) is 7.17. The molecule has 8 nitrogen and oxygen atoms in total. The molecule has 0 fully saturated rings. The Morgan fingerprint density at radius 1 is 1.26 bits per heavy atom. The summed E-state index contributed by atoms with van der Waals surface area (Å²) >= 11 is 1.97. The van der Waals surface area contributed by atoms with Crippen molar-refractivity contribution < 1.29 is 23.1 Å². The third kappa shape index (κ3) is 6.91. The van der Waals surface area contributed by atoms with Gasteiger partial charge in [0.25, 0.3) is 5.91 Å². The van der Waals surface area contributed by atoms with Gasteiger partial charge in [-0.2, -0.15) is 9.82 Å². The van der Waals surface area contributed by atoms with Gasteiger partial charge in [-0.1, -0.05) is 31.5 Å². The lowest BCUT2D eigenvalue weighted by Crippen LogP contribution is -2.48. The SMILES string of the molecule is CCOc1cc(/C=N\NC(=O)[C@H](NS(=O)(=O)c2ccc(C)cc2)C(C)C)cc(I)c1O. The first-order valence-corrected chi connectivity index (χ1v) is 12.2. The Hall–Kier alpha value is -2.18. The number of phenolic OH excluding ortho intramolecular Hbond substituents is 1. The van der Waals surface area contributed by atoms with Gasteiger partial charge < -0.3 is 9.84 Å². The van der Waals surface area contributed by atoms with E-state index >= 15 is 0 Å². The third-order valence-electron chi connectivity index (χ3n) is 4.30. The van der Waals surface area contributed by atoms with Gasteiger partial charge in [0.05, 0.1) is 21.3 Å². The number of carbonyl (C=O) groups excluding carboxylic acids is 1. The number of halogens is 1. The smallest absolute Gasteiger partial charge is 0.258 e. The predicted octanol–water partition coefficient (Wildman–Crippen LogP) is 3.16. The maximum atomic E-state index is 12.7. The average Bonchev–Trinajstić information content (AvgIpc) is 2.70. The summed E-state index contributed by atoms with van der Waals surface area (Å²) in [4.78, 5) is 12.7. The van der Waals surface area contributed by atoms with E-state index in [1.54, 1.807) is 45.0 Å². The number of phenols is 1. The van der Waals surface area contributed by atoms with Crippen molar-refractivity contribution in [2.75, 3.05) is 6.61 Å². The number of amides is 1. The highest BCUT2D eigenvalue weighted by molar-refractivity contribution is 14.1. The highest BCUT2D eigenvalue weighted by Gasteiger charge is 2.28. The minimum absolute atomic E-state index is 0.0361. The van der Waals surface area contributed by atoms with Crippen molar-refractivity contribution in [2.45, 2.75) is 38.6 Å². The molecule has 0 unspecified atom stereocenters. The lowest BCUT2D eigenvalue weighted by Gasteiger charge is -2.20. The number of aromatic hydroxyl groups is 1. The van der Waals surface area contributed by atoms with Crippen molar-refractivity contribution in [2.24, 2.45) is 11.0 Å². The molecule has 3 N–H and O–H groups in total. The van der Waals surface area contributed by atoms with Gasteiger partial charge >= 0.3 is 0 Å². The number of aryl methyl sites for hydroxylation is 1. The quantitative estimate of drug-likeness (QED) is 0.248. The maximum Gasteiger partial charge on any atom is 0.258 e. The summed E-state index contributed by atoms with van der Waals surface area (Å²) in [6.07, 6.45) is 1.40. The Labute approximate surface area is 196 Å². The Bertz CT molecular complexity index is 1050. The minimum Gasteiger partial charge on any atom is -0.504 e. The molecule has 1 amide bonds. The molecule has 0 radical (unpaired) electrons. The second kappa shape index (κ2) is 10.9. The molecular weight excluding hydrogens is 533 g/mol. The van der Waals surface area contributed by atoms with E-state index in [1.165, 1.54) is 18.3 Å². The van der Waals surface area contributed by atoms with Gasteiger partial charge in [-0.15, -0.1) is 0 Å². The van der Waals surface area contributed by atoms with Crippen LogP contribution in [0.1, 0.15) is 31.9 Å². The highest BCUT2D eigenvalue weighted by atomic mass is 127. The van der Waals surface area contributed by atoms with Crippen LogP contribution in [0.25, 0.3) is 0 Å². The second-order valence-corrected chi connectivity index (χ2v) is 10.0. The molecule has 0 heterocycles. The molecule has 10 heteroatoms. The van der Waals surface area contributed by atoms with E-state index < -0.39 is 22.0 Å². The van der Waals surface area contributed by atoms with Gasteiger partial charge in [-0.05, 0) is 72.2 Å². The lowest BCUT2D eigenvalue weighted by molar-refractivity contribution is -0.123. The fourth-order valence-corrected chi connectivity index (χ4v) is 4.59. The van der Waals surface area contributed by atoms with Gasteiger partial charge in [-0.3, -0.25) is 4.79 Å². The summed E-state index contributed by atoms with van der Waals surface area (Å²) in [5.74, 6) is -0.544. The van der Waals surface area contributed by atoms with Crippen LogP contribution >= 0.6 is 22.6 Å². The van der Waals surface area contributed by atoms with Crippen LogP contribution in [0, 0.1) is 16.4 Å². The van der Waals surface area contributed by atoms with Crippen molar-refractivity contribution >= 4 is 44.7 Å². The largest absolute Gasteiger partial charge is 0.504 e. The van der Waals surface area contributed by atoms with Gasteiger partial charge in [0.2, 0.25) is 10.0 Å². The monoisotopic (exact) mass is 559 g/mol. The fraction of sp³-hybridized carbons (Fsp3) is 0.333. The van der Waals surface area contributed by atoms with Gasteiger partial charge in [0.1, 0.15) is 6.04 Å². The Morgan fingerprint density at radius 3 is 2.48 bits per heavy atom. The average molecular weight is 559 g/mol. The molecule has 0 aliphatic heterocycles. The first kappa shape index (κ1) is 25.1. The van der Waals surface area contributed by atoms with E-state index in [1.807, 2.05) is 29.5 Å². The molecule has 31 heavy (non-hydrogen) atoms. The van der Waals surface area contributed by atoms with E-state index in [0.29, 0.717) is 21.5 Å². The van der Waals surface area contributed by atoms with Crippen LogP contribution < -0.4 is 14.9 Å². The van der Waals surface area contributed by atoms with Crippen molar-refractivity contribution in [3.8, 4) is 11.5 Å². The van der Waals surface area contributed by atoms with Crippen molar-refractivity contribution in [1.29, 1.82) is 0 Å². The molecule has 2 aromatic rings. The van der Waals surface area contributed by atoms with E-state index in [0.717, 1.165) is 5.56 Å². The summed E-state index contributed by atoms with van der Waals surface area (Å²) < 4.78 is 33.7. The first-order valence-electron chi connectivity index (χ1n) is 9.62. The van der Waals surface area contributed by atoms with Crippen LogP contribution in [0.4, 0.5) is 0 Å². The lowest BCUT2D eigenvalue weighted by atomic mass is 10.1. The number of carbonyl (C=O) groups is 1. The number of nitrogens with one attached hydrogen (secondary N) is 2. The van der Waals surface area contributed by atoms with Crippen LogP contribution in [0.15, 0.2) is 46.4 Å². The Balaban J connectivity index is 2.13. The molecule has 0 bridgehead atoms. The zero-order chi connectivity index (χ0) is 23.2. The third-order valence-corrected chi connectivity index (χ3v) is 6.58. The summed E-state index contributed by atoms with van der Waals surface area (Å²) in [5.41, 5.74) is 3.92. The zero-order valence-corrected chi connectivity index (χ0v) is 20.7. The molecule has 1 atom stereocenters. The van der Waals surface area contributed by atoms with Gasteiger partial charge in [0, 0.05) is 0 Å². The van der Waals surface area contributed by atoms with E-state index in [9.17, 15) is 18.3 Å². The molecule has 2 aromatic carbocycles. The number of hydrazone groups is 1. The van der Waals surface area contributed by atoms with Crippen LogP contribution in [-0.2, 0) is 14.8 Å². The molecule has 168 valence electrons. The number of sulfonamides is 1. The number of hydrogen-bond donors (Lipinski definition) is 3. The Kier molecular flexibility index (Phi) is 8.83. The summed E-state index contributed by atoms with van der Waals surface area (Å²) in [6, 6.07) is 8.63. The van der Waals surface area contributed by atoms with Gasteiger partial charge in [-0.25, -0.2) is 13.8 Å². The predicted molar refractivity (Wildman–Crippen MR) is 128 cm³/mol. The van der Waals surface area contributed by atoms with Crippen LogP contribution in [0.2, 0.25) is 0 Å². The standard InChI is InChI=1S/C21H26IN3O5S/c1-5-30-18-11-15(10-17(22)20(18)26)12-23-24-21(27)19(13(2)3)25-31(28,29)16-8-6-14(4)7-9-16/h6-13,19,25-26H,5H2,1-4H3,(H,24,27)/b23-12-/t19-/m1/s1. The molecule has 0 aliphatic carbocycles. The number of hydrogen-bond acceptors (Lipinski definition) is 6. The van der Waals surface area contributed by atoms with Crippen LogP contribution in [-0.4, -0.2) is 38.3 Å². The van der Waals surface area contributed by atoms with Crippen molar-refractivity contribution in [1.82, 2.24) is 10.1 Å². The molecule has 0 saturated carbocycles. The van der Waals surface area contributed by atoms with Crippen molar-refractivity contribution in [3.63, 3.8) is 0 Å². The first-order chi connectivity index (χ1) is 14.5. The number of benzene rings is 2. The molecule has 0 aliphatic rings. The van der Waals surface area contributed by atoms with Crippen molar-refractivity contribution in [3.05, 3.63) is 51.1 Å². The van der Waals surface area contributed by atoms with Crippen LogP contribution in [0.3, 0.4) is 0 Å². The maximum absolute atomic E-state index is 12.7. The van der Waals surface area contributed by atoms with Crippen LogP contribution in [0.5, 0.6) is 11.5 Å². The zero-order valence-electron chi connectivity index (χ0n) is 17.7. The van der Waals surface area contributed by atoms with E-state index in [4.69, 9.17) is 4.74 Å². The molecular formula is C21H26IN3O5S. The number of ether oxygens (including phenoxy) is 1. The topological polar surface area (TPSA) is 117 Å².